The second-order valence-corrected chi connectivity index (χ2v) is 6.98. The predicted octanol–water partition coefficient (Wildman–Crippen LogP) is 5.20. The number of piperidine rings is 1. The van der Waals surface area contributed by atoms with Gasteiger partial charge in [0.25, 0.3) is 11.6 Å². The largest absolute Gasteiger partial charge is 0.573 e. The maximum absolute atomic E-state index is 12.7. The number of nitro groups is 1. The summed E-state index contributed by atoms with van der Waals surface area (Å²) in [5.41, 5.74) is 0.687. The van der Waals surface area contributed by atoms with Crippen molar-refractivity contribution in [2.24, 2.45) is 0 Å². The average Bonchev–Trinajstić information content (AvgIpc) is 3.23. The molecule has 2 aromatic carbocycles. The number of hydrogen-bond acceptors (Lipinski definition) is 7. The Balaban J connectivity index is 1.67. The van der Waals surface area contributed by atoms with Gasteiger partial charge >= 0.3 is 6.36 Å². The van der Waals surface area contributed by atoms with Crippen molar-refractivity contribution in [2.45, 2.75) is 25.6 Å². The van der Waals surface area contributed by atoms with Gasteiger partial charge in [-0.15, -0.1) is 13.2 Å². The molecule has 2 heterocycles. The van der Waals surface area contributed by atoms with Gasteiger partial charge < -0.3 is 14.2 Å². The summed E-state index contributed by atoms with van der Waals surface area (Å²) in [7, 11) is 0. The normalized spacial score (nSPS) is 14.5. The van der Waals surface area contributed by atoms with Crippen molar-refractivity contribution < 1.29 is 27.4 Å². The highest BCUT2D eigenvalue weighted by atomic mass is 19.4. The van der Waals surface area contributed by atoms with E-state index < -0.39 is 17.0 Å². The van der Waals surface area contributed by atoms with Crippen LogP contribution in [0.1, 0.15) is 19.3 Å². The van der Waals surface area contributed by atoms with Crippen molar-refractivity contribution in [2.75, 3.05) is 18.0 Å². The van der Waals surface area contributed by atoms with Crippen LogP contribution < -0.4 is 9.64 Å². The van der Waals surface area contributed by atoms with Gasteiger partial charge in [-0.25, -0.2) is 0 Å². The Labute approximate surface area is 174 Å². The number of aromatic nitrogens is 2. The quantitative estimate of drug-likeness (QED) is 0.402. The maximum atomic E-state index is 12.7. The predicted molar refractivity (Wildman–Crippen MR) is 105 cm³/mol. The van der Waals surface area contributed by atoms with Crippen LogP contribution in [0.5, 0.6) is 5.75 Å². The summed E-state index contributed by atoms with van der Waals surface area (Å²) in [6, 6.07) is 9.96. The highest BCUT2D eigenvalue weighted by Gasteiger charge is 2.33. The third-order valence-electron chi connectivity index (χ3n) is 4.90. The molecule has 31 heavy (non-hydrogen) atoms. The molecule has 0 spiro atoms. The van der Waals surface area contributed by atoms with Gasteiger partial charge in [-0.1, -0.05) is 17.3 Å². The zero-order valence-corrected chi connectivity index (χ0v) is 16.1. The zero-order chi connectivity index (χ0) is 22.0. The van der Waals surface area contributed by atoms with Gasteiger partial charge in [0, 0.05) is 24.7 Å². The summed E-state index contributed by atoms with van der Waals surface area (Å²) in [5.74, 6) is -0.656. The number of rotatable bonds is 5. The van der Waals surface area contributed by atoms with E-state index in [2.05, 4.69) is 14.9 Å². The Morgan fingerprint density at radius 2 is 1.84 bits per heavy atom. The Hall–Kier alpha value is -3.63. The van der Waals surface area contributed by atoms with E-state index in [0.29, 0.717) is 11.3 Å². The minimum Gasteiger partial charge on any atom is -0.405 e. The molecule has 1 aliphatic heterocycles. The highest BCUT2D eigenvalue weighted by molar-refractivity contribution is 5.72. The van der Waals surface area contributed by atoms with Crippen LogP contribution in [0.25, 0.3) is 22.8 Å². The second-order valence-electron chi connectivity index (χ2n) is 6.98. The Morgan fingerprint density at radius 3 is 2.55 bits per heavy atom. The molecule has 0 saturated carbocycles. The van der Waals surface area contributed by atoms with Crippen LogP contribution in [0.4, 0.5) is 24.5 Å². The van der Waals surface area contributed by atoms with E-state index in [1.807, 2.05) is 4.90 Å². The number of alkyl halides is 3. The van der Waals surface area contributed by atoms with Gasteiger partial charge in [0.1, 0.15) is 11.4 Å². The molecule has 0 amide bonds. The smallest absolute Gasteiger partial charge is 0.405 e. The van der Waals surface area contributed by atoms with E-state index in [9.17, 15) is 23.3 Å². The lowest BCUT2D eigenvalue weighted by Crippen LogP contribution is -2.29. The maximum Gasteiger partial charge on any atom is 0.573 e. The molecule has 1 fully saturated rings. The third kappa shape index (κ3) is 4.60. The van der Waals surface area contributed by atoms with Gasteiger partial charge in [-0.3, -0.25) is 10.1 Å². The summed E-state index contributed by atoms with van der Waals surface area (Å²) >= 11 is 0. The third-order valence-corrected chi connectivity index (χ3v) is 4.90. The van der Waals surface area contributed by atoms with Crippen molar-refractivity contribution in [3.05, 3.63) is 52.6 Å². The van der Waals surface area contributed by atoms with Crippen LogP contribution in [0.15, 0.2) is 47.0 Å². The molecule has 3 aromatic rings. The number of nitro benzene ring substituents is 1. The number of anilines is 1. The van der Waals surface area contributed by atoms with Crippen LogP contribution in [-0.2, 0) is 0 Å². The number of para-hydroxylation sites is 1. The number of ether oxygens (including phenoxy) is 1. The van der Waals surface area contributed by atoms with Crippen molar-refractivity contribution in [1.29, 1.82) is 0 Å². The topological polar surface area (TPSA) is 94.5 Å². The summed E-state index contributed by atoms with van der Waals surface area (Å²) < 4.78 is 47.2. The van der Waals surface area contributed by atoms with Crippen molar-refractivity contribution >= 4 is 11.4 Å². The molecule has 0 bridgehead atoms. The molecular formula is C20H17F3N4O4. The molecule has 0 atom stereocenters. The molecule has 0 radical (unpaired) electrons. The Morgan fingerprint density at radius 1 is 1.10 bits per heavy atom. The van der Waals surface area contributed by atoms with Gasteiger partial charge in [0.05, 0.1) is 10.5 Å². The molecule has 0 aliphatic carbocycles. The second kappa shape index (κ2) is 8.25. The van der Waals surface area contributed by atoms with Gasteiger partial charge in [0.2, 0.25) is 5.82 Å². The molecule has 11 heteroatoms. The van der Waals surface area contributed by atoms with E-state index in [4.69, 9.17) is 4.52 Å². The standard InChI is InChI=1S/C20H17F3N4O4/c21-20(22,23)30-17-7-3-2-6-14(17)18-24-19(31-25-18)13-8-9-15(16(12-13)27(28)29)26-10-4-1-5-11-26/h2-3,6-9,12H,1,4-5,10-11H2. The molecule has 1 saturated heterocycles. The number of benzene rings is 2. The van der Waals surface area contributed by atoms with Gasteiger partial charge in [0.15, 0.2) is 0 Å². The minimum absolute atomic E-state index is 0.0192. The lowest BCUT2D eigenvalue weighted by atomic mass is 10.1. The van der Waals surface area contributed by atoms with E-state index in [-0.39, 0.29) is 23.0 Å². The zero-order valence-electron chi connectivity index (χ0n) is 16.1. The fourth-order valence-corrected chi connectivity index (χ4v) is 3.52. The van der Waals surface area contributed by atoms with E-state index in [1.54, 1.807) is 12.1 Å². The summed E-state index contributed by atoms with van der Waals surface area (Å²) in [6.45, 7) is 1.47. The van der Waals surface area contributed by atoms with Crippen LogP contribution >= 0.6 is 0 Å². The molecule has 1 aromatic heterocycles. The monoisotopic (exact) mass is 434 g/mol. The van der Waals surface area contributed by atoms with E-state index in [1.165, 1.54) is 24.3 Å². The van der Waals surface area contributed by atoms with Crippen LogP contribution in [-0.4, -0.2) is 34.5 Å². The van der Waals surface area contributed by atoms with Crippen LogP contribution in [0.3, 0.4) is 0 Å². The van der Waals surface area contributed by atoms with Crippen molar-refractivity contribution in [3.63, 3.8) is 0 Å². The number of hydrogen-bond donors (Lipinski definition) is 0. The summed E-state index contributed by atoms with van der Waals surface area (Å²) in [4.78, 5) is 17.3. The fraction of sp³-hybridized carbons (Fsp3) is 0.300. The number of nitrogens with zero attached hydrogens (tertiary/aromatic N) is 4. The Bertz CT molecular complexity index is 1090. The molecule has 0 N–H and O–H groups in total. The first-order chi connectivity index (χ1) is 14.8. The van der Waals surface area contributed by atoms with E-state index >= 15 is 0 Å². The molecule has 1 aliphatic rings. The van der Waals surface area contributed by atoms with Crippen LogP contribution in [0.2, 0.25) is 0 Å². The first kappa shape index (κ1) is 20.6. The summed E-state index contributed by atoms with van der Waals surface area (Å²) in [5, 5.41) is 15.4. The van der Waals surface area contributed by atoms with Crippen molar-refractivity contribution in [1.82, 2.24) is 10.1 Å². The Kier molecular flexibility index (Phi) is 5.49. The molecule has 4 rings (SSSR count). The van der Waals surface area contributed by atoms with Gasteiger partial charge in [-0.05, 0) is 43.5 Å². The lowest BCUT2D eigenvalue weighted by Gasteiger charge is -2.28. The number of halogens is 3. The first-order valence-electron chi connectivity index (χ1n) is 9.54. The van der Waals surface area contributed by atoms with E-state index in [0.717, 1.165) is 38.4 Å². The fourth-order valence-electron chi connectivity index (χ4n) is 3.52. The first-order valence-corrected chi connectivity index (χ1v) is 9.54. The SMILES string of the molecule is O=[N+]([O-])c1cc(-c2nc(-c3ccccc3OC(F)(F)F)no2)ccc1N1CCCCC1. The minimum atomic E-state index is -4.88. The van der Waals surface area contributed by atoms with Gasteiger partial charge in [-0.2, -0.15) is 4.98 Å². The molecule has 162 valence electrons. The highest BCUT2D eigenvalue weighted by Crippen LogP contribution is 2.36. The average molecular weight is 434 g/mol. The molecule has 0 unspecified atom stereocenters. The summed E-state index contributed by atoms with van der Waals surface area (Å²) in [6.07, 6.45) is -1.86. The van der Waals surface area contributed by atoms with Crippen LogP contribution in [0, 0.1) is 10.1 Å². The van der Waals surface area contributed by atoms with Crippen molar-refractivity contribution in [3.8, 4) is 28.6 Å². The molecular weight excluding hydrogens is 417 g/mol. The lowest BCUT2D eigenvalue weighted by molar-refractivity contribution is -0.384. The molecule has 8 nitrogen and oxygen atoms in total.